The van der Waals surface area contributed by atoms with Crippen molar-refractivity contribution in [2.45, 2.75) is 51.0 Å². The molecule has 20 heavy (non-hydrogen) atoms. The van der Waals surface area contributed by atoms with E-state index in [4.69, 9.17) is 5.11 Å². The predicted octanol–water partition coefficient (Wildman–Crippen LogP) is 2.55. The molecule has 6 heteroatoms. The first-order valence-electron chi connectivity index (χ1n) is 6.53. The highest BCUT2D eigenvalue weighted by atomic mass is 32.2. The van der Waals surface area contributed by atoms with Crippen LogP contribution in [0.2, 0.25) is 0 Å². The Morgan fingerprint density at radius 3 is 2.30 bits per heavy atom. The van der Waals surface area contributed by atoms with Crippen molar-refractivity contribution in [3.63, 3.8) is 0 Å². The lowest BCUT2D eigenvalue weighted by atomic mass is 9.98. The summed E-state index contributed by atoms with van der Waals surface area (Å²) in [4.78, 5) is 11.1. The molecule has 0 atom stereocenters. The number of nitrogens with one attached hydrogen (secondary N) is 1. The van der Waals surface area contributed by atoms with Gasteiger partial charge in [-0.2, -0.15) is 0 Å². The number of carbonyl (C=O) groups is 1. The zero-order valence-corrected chi connectivity index (χ0v) is 13.0. The van der Waals surface area contributed by atoms with Crippen LogP contribution in [-0.2, 0) is 10.0 Å². The Labute approximate surface area is 120 Å². The molecule has 0 radical (unpaired) electrons. The molecular weight excluding hydrogens is 278 g/mol. The van der Waals surface area contributed by atoms with Crippen LogP contribution < -0.4 is 4.72 Å². The molecule has 1 rings (SSSR count). The van der Waals surface area contributed by atoms with Crippen LogP contribution in [-0.4, -0.2) is 25.0 Å². The highest BCUT2D eigenvalue weighted by Crippen LogP contribution is 2.21. The molecule has 1 aromatic carbocycles. The SMILES string of the molecule is CCC(C)(CC)NS(=O)(=O)c1ccc(C)c(C(=O)O)c1. The molecule has 0 fully saturated rings. The second kappa shape index (κ2) is 5.93. The summed E-state index contributed by atoms with van der Waals surface area (Å²) in [7, 11) is -3.73. The molecule has 0 bridgehead atoms. The Morgan fingerprint density at radius 1 is 1.30 bits per heavy atom. The van der Waals surface area contributed by atoms with E-state index in [0.29, 0.717) is 18.4 Å². The van der Waals surface area contributed by atoms with Crippen molar-refractivity contribution in [3.05, 3.63) is 29.3 Å². The van der Waals surface area contributed by atoms with Gasteiger partial charge in [0.25, 0.3) is 0 Å². The Bertz CT molecular complexity index is 604. The van der Waals surface area contributed by atoms with E-state index in [2.05, 4.69) is 4.72 Å². The second-order valence-electron chi connectivity index (χ2n) is 5.16. The minimum atomic E-state index is -3.73. The minimum absolute atomic E-state index is 0.00238. The van der Waals surface area contributed by atoms with Gasteiger partial charge in [-0.1, -0.05) is 19.9 Å². The van der Waals surface area contributed by atoms with Gasteiger partial charge in [-0.3, -0.25) is 0 Å². The molecule has 1 aromatic rings. The van der Waals surface area contributed by atoms with Gasteiger partial charge in [0.05, 0.1) is 10.5 Å². The maximum absolute atomic E-state index is 12.3. The molecule has 5 nitrogen and oxygen atoms in total. The molecule has 0 heterocycles. The van der Waals surface area contributed by atoms with Crippen LogP contribution in [0, 0.1) is 6.92 Å². The summed E-state index contributed by atoms with van der Waals surface area (Å²) in [6.45, 7) is 7.28. The lowest BCUT2D eigenvalue weighted by molar-refractivity contribution is 0.0696. The van der Waals surface area contributed by atoms with Crippen molar-refractivity contribution >= 4 is 16.0 Å². The van der Waals surface area contributed by atoms with Gasteiger partial charge in [0.1, 0.15) is 0 Å². The first kappa shape index (κ1) is 16.7. The fourth-order valence-corrected chi connectivity index (χ4v) is 3.35. The average molecular weight is 299 g/mol. The van der Waals surface area contributed by atoms with Crippen molar-refractivity contribution < 1.29 is 18.3 Å². The molecule has 112 valence electrons. The number of hydrogen-bond donors (Lipinski definition) is 2. The monoisotopic (exact) mass is 299 g/mol. The first-order chi connectivity index (χ1) is 9.15. The van der Waals surface area contributed by atoms with Gasteiger partial charge >= 0.3 is 5.97 Å². The summed E-state index contributed by atoms with van der Waals surface area (Å²) in [6, 6.07) is 4.13. The number of carboxylic acid groups (broad SMARTS) is 1. The van der Waals surface area contributed by atoms with Crippen LogP contribution in [0.15, 0.2) is 23.1 Å². The number of carboxylic acids is 1. The molecule has 0 aromatic heterocycles. The third-order valence-corrected chi connectivity index (χ3v) is 5.33. The van der Waals surface area contributed by atoms with E-state index in [0.717, 1.165) is 0 Å². The third-order valence-electron chi connectivity index (χ3n) is 3.69. The minimum Gasteiger partial charge on any atom is -0.478 e. The van der Waals surface area contributed by atoms with Gasteiger partial charge in [0.15, 0.2) is 0 Å². The predicted molar refractivity (Wildman–Crippen MR) is 77.4 cm³/mol. The molecule has 0 saturated heterocycles. The highest BCUT2D eigenvalue weighted by Gasteiger charge is 2.28. The quantitative estimate of drug-likeness (QED) is 0.845. The van der Waals surface area contributed by atoms with E-state index in [1.54, 1.807) is 6.92 Å². The largest absolute Gasteiger partial charge is 0.478 e. The normalized spacial score (nSPS) is 12.4. The van der Waals surface area contributed by atoms with E-state index in [-0.39, 0.29) is 10.5 Å². The number of hydrogen-bond acceptors (Lipinski definition) is 3. The molecule has 0 unspecified atom stereocenters. The lowest BCUT2D eigenvalue weighted by Gasteiger charge is -2.27. The van der Waals surface area contributed by atoms with Gasteiger partial charge in [0, 0.05) is 5.54 Å². The lowest BCUT2D eigenvalue weighted by Crippen LogP contribution is -2.44. The van der Waals surface area contributed by atoms with Crippen molar-refractivity contribution in [1.82, 2.24) is 4.72 Å². The van der Waals surface area contributed by atoms with Crippen molar-refractivity contribution in [1.29, 1.82) is 0 Å². The van der Waals surface area contributed by atoms with Gasteiger partial charge < -0.3 is 5.11 Å². The van der Waals surface area contributed by atoms with Crippen molar-refractivity contribution in [3.8, 4) is 0 Å². The number of aromatic carboxylic acids is 1. The fourth-order valence-electron chi connectivity index (χ4n) is 1.78. The Morgan fingerprint density at radius 2 is 1.85 bits per heavy atom. The summed E-state index contributed by atoms with van der Waals surface area (Å²) in [5.41, 5.74) is 0.000355. The van der Waals surface area contributed by atoms with E-state index in [1.807, 2.05) is 20.8 Å². The number of rotatable bonds is 6. The standard InChI is InChI=1S/C14H21NO4S/c1-5-14(4,6-2)15-20(18,19)11-8-7-10(3)12(9-11)13(16)17/h7-9,15H,5-6H2,1-4H3,(H,16,17). The zero-order valence-electron chi connectivity index (χ0n) is 12.2. The van der Waals surface area contributed by atoms with Gasteiger partial charge in [-0.05, 0) is 44.4 Å². The maximum Gasteiger partial charge on any atom is 0.335 e. The first-order valence-corrected chi connectivity index (χ1v) is 8.01. The topological polar surface area (TPSA) is 83.5 Å². The van der Waals surface area contributed by atoms with Gasteiger partial charge in [-0.15, -0.1) is 0 Å². The van der Waals surface area contributed by atoms with E-state index >= 15 is 0 Å². The maximum atomic E-state index is 12.3. The summed E-state index contributed by atoms with van der Waals surface area (Å²) in [5, 5.41) is 9.07. The summed E-state index contributed by atoms with van der Waals surface area (Å²) in [6.07, 6.45) is 1.31. The molecule has 0 saturated carbocycles. The average Bonchev–Trinajstić information content (AvgIpc) is 2.38. The summed E-state index contributed by atoms with van der Waals surface area (Å²) in [5.74, 6) is -1.13. The van der Waals surface area contributed by atoms with E-state index in [1.165, 1.54) is 18.2 Å². The van der Waals surface area contributed by atoms with Crippen LogP contribution >= 0.6 is 0 Å². The van der Waals surface area contributed by atoms with Crippen LogP contribution in [0.1, 0.15) is 49.5 Å². The number of sulfonamides is 1. The smallest absolute Gasteiger partial charge is 0.335 e. The van der Waals surface area contributed by atoms with Crippen LogP contribution in [0.25, 0.3) is 0 Å². The number of benzene rings is 1. The van der Waals surface area contributed by atoms with E-state index < -0.39 is 21.5 Å². The molecule has 0 spiro atoms. The highest BCUT2D eigenvalue weighted by molar-refractivity contribution is 7.89. The molecule has 2 N–H and O–H groups in total. The Balaban J connectivity index is 3.23. The van der Waals surface area contributed by atoms with Crippen LogP contribution in [0.4, 0.5) is 0 Å². The summed E-state index contributed by atoms with van der Waals surface area (Å²) >= 11 is 0. The van der Waals surface area contributed by atoms with E-state index in [9.17, 15) is 13.2 Å². The van der Waals surface area contributed by atoms with Gasteiger partial charge in [0.2, 0.25) is 10.0 Å². The van der Waals surface area contributed by atoms with Crippen molar-refractivity contribution in [2.24, 2.45) is 0 Å². The Kier molecular flexibility index (Phi) is 4.94. The molecule has 0 aliphatic carbocycles. The van der Waals surface area contributed by atoms with Crippen LogP contribution in [0.3, 0.4) is 0 Å². The van der Waals surface area contributed by atoms with Gasteiger partial charge in [-0.25, -0.2) is 17.9 Å². The summed E-state index contributed by atoms with van der Waals surface area (Å²) < 4.78 is 27.3. The molecule has 0 amide bonds. The molecular formula is C14H21NO4S. The van der Waals surface area contributed by atoms with Crippen LogP contribution in [0.5, 0.6) is 0 Å². The Hall–Kier alpha value is -1.40. The molecule has 0 aliphatic rings. The number of aryl methyl sites for hydroxylation is 1. The van der Waals surface area contributed by atoms with Crippen molar-refractivity contribution in [2.75, 3.05) is 0 Å². The third kappa shape index (κ3) is 3.58. The second-order valence-corrected chi connectivity index (χ2v) is 6.84. The molecule has 0 aliphatic heterocycles. The zero-order chi connectivity index (χ0) is 15.6. The fraction of sp³-hybridized carbons (Fsp3) is 0.500.